The molecule has 27 heavy (non-hydrogen) atoms. The van der Waals surface area contributed by atoms with Gasteiger partial charge in [-0.25, -0.2) is 13.8 Å². The maximum atomic E-state index is 12.3. The molecule has 3 aromatic rings. The first-order valence-corrected chi connectivity index (χ1v) is 8.22. The number of nitrogens with one attached hydrogen (secondary N) is 1. The van der Waals surface area contributed by atoms with Gasteiger partial charge in [0.1, 0.15) is 11.3 Å². The number of ether oxygens (including phenoxy) is 2. The molecule has 2 heterocycles. The summed E-state index contributed by atoms with van der Waals surface area (Å²) in [6, 6.07) is 8.68. The van der Waals surface area contributed by atoms with E-state index in [2.05, 4.69) is 10.3 Å². The summed E-state index contributed by atoms with van der Waals surface area (Å²) in [5.41, 5.74) is 1.89. The Kier molecular flexibility index (Phi) is 5.85. The third-order valence-corrected chi connectivity index (χ3v) is 3.89. The number of nitrogens with zero attached hydrogens (tertiary/aromatic N) is 1. The number of amides is 1. The molecular weight excluding hydrogens is 358 g/mol. The third-order valence-electron chi connectivity index (χ3n) is 3.89. The van der Waals surface area contributed by atoms with E-state index in [9.17, 15) is 13.6 Å². The molecule has 142 valence electrons. The molecule has 0 atom stereocenters. The molecule has 6 nitrogen and oxygen atoms in total. The van der Waals surface area contributed by atoms with Gasteiger partial charge in [-0.3, -0.25) is 4.79 Å². The summed E-state index contributed by atoms with van der Waals surface area (Å²) in [7, 11) is 1.57. The Morgan fingerprint density at radius 2 is 2.15 bits per heavy atom. The molecule has 0 spiro atoms. The second-order valence-electron chi connectivity index (χ2n) is 5.75. The molecule has 0 aliphatic carbocycles. The highest BCUT2D eigenvalue weighted by Gasteiger charge is 2.13. The number of rotatable bonds is 8. The van der Waals surface area contributed by atoms with Crippen LogP contribution in [0.4, 0.5) is 8.78 Å². The molecule has 8 heteroatoms. The number of methoxy groups -OCH3 is 1. The monoisotopic (exact) mass is 376 g/mol. The molecule has 0 aliphatic heterocycles. The van der Waals surface area contributed by atoms with E-state index < -0.39 is 13.0 Å². The first kappa shape index (κ1) is 18.6. The fraction of sp³-hybridized carbons (Fsp3) is 0.263. The Bertz CT molecular complexity index is 927. The van der Waals surface area contributed by atoms with E-state index in [1.807, 2.05) is 6.07 Å². The van der Waals surface area contributed by atoms with Crippen LogP contribution in [0.1, 0.15) is 11.1 Å². The SMILES string of the molecule is COc1ccc2c(CC(=O)NCc3cccnc3OCC(F)F)coc2c1. The summed E-state index contributed by atoms with van der Waals surface area (Å²) in [4.78, 5) is 16.2. The van der Waals surface area contributed by atoms with Crippen LogP contribution in [0.25, 0.3) is 11.0 Å². The van der Waals surface area contributed by atoms with Crippen LogP contribution in [-0.2, 0) is 17.8 Å². The molecule has 1 N–H and O–H groups in total. The highest BCUT2D eigenvalue weighted by molar-refractivity contribution is 5.88. The lowest BCUT2D eigenvalue weighted by Gasteiger charge is -2.10. The lowest BCUT2D eigenvalue weighted by Crippen LogP contribution is -2.25. The molecule has 1 amide bonds. The van der Waals surface area contributed by atoms with Crippen molar-refractivity contribution in [1.82, 2.24) is 10.3 Å². The Balaban J connectivity index is 1.62. The normalized spacial score (nSPS) is 11.0. The zero-order valence-corrected chi connectivity index (χ0v) is 14.6. The number of benzene rings is 1. The second kappa shape index (κ2) is 8.48. The van der Waals surface area contributed by atoms with Crippen LogP contribution in [0.5, 0.6) is 11.6 Å². The maximum Gasteiger partial charge on any atom is 0.272 e. The van der Waals surface area contributed by atoms with Crippen molar-refractivity contribution in [3.63, 3.8) is 0 Å². The number of furan rings is 1. The van der Waals surface area contributed by atoms with E-state index in [4.69, 9.17) is 13.9 Å². The molecule has 0 saturated heterocycles. The molecule has 0 radical (unpaired) electrons. The molecule has 3 rings (SSSR count). The first-order valence-electron chi connectivity index (χ1n) is 8.22. The lowest BCUT2D eigenvalue weighted by atomic mass is 10.1. The standard InChI is InChI=1S/C19H18F2N2O4/c1-25-14-4-5-15-13(10-26-16(15)8-14)7-18(24)23-9-12-3-2-6-22-19(12)27-11-17(20)21/h2-6,8,10,17H,7,9,11H2,1H3,(H,23,24). The average molecular weight is 376 g/mol. The topological polar surface area (TPSA) is 73.6 Å². The number of halogens is 2. The van der Waals surface area contributed by atoms with Crippen molar-refractivity contribution < 1.29 is 27.5 Å². The Morgan fingerprint density at radius 3 is 2.93 bits per heavy atom. The molecule has 0 aliphatic rings. The lowest BCUT2D eigenvalue weighted by molar-refractivity contribution is -0.120. The van der Waals surface area contributed by atoms with Gasteiger partial charge in [-0.2, -0.15) is 0 Å². The van der Waals surface area contributed by atoms with Crippen molar-refractivity contribution in [3.05, 3.63) is 53.9 Å². The van der Waals surface area contributed by atoms with Crippen molar-refractivity contribution in [2.45, 2.75) is 19.4 Å². The largest absolute Gasteiger partial charge is 0.497 e. The Morgan fingerprint density at radius 1 is 1.30 bits per heavy atom. The Labute approximate surface area is 154 Å². The van der Waals surface area contributed by atoms with Gasteiger partial charge in [-0.1, -0.05) is 6.07 Å². The summed E-state index contributed by atoms with van der Waals surface area (Å²) in [5, 5.41) is 3.57. The number of hydrogen-bond donors (Lipinski definition) is 1. The number of carbonyl (C=O) groups excluding carboxylic acids is 1. The second-order valence-corrected chi connectivity index (χ2v) is 5.75. The van der Waals surface area contributed by atoms with Crippen molar-refractivity contribution in [2.75, 3.05) is 13.7 Å². The summed E-state index contributed by atoms with van der Waals surface area (Å²) in [6.07, 6.45) is 0.498. The van der Waals surface area contributed by atoms with Crippen molar-refractivity contribution in [1.29, 1.82) is 0 Å². The van der Waals surface area contributed by atoms with Crippen LogP contribution < -0.4 is 14.8 Å². The van der Waals surface area contributed by atoms with E-state index in [1.54, 1.807) is 31.4 Å². The number of fused-ring (bicyclic) bond motifs is 1. The van der Waals surface area contributed by atoms with Crippen LogP contribution in [-0.4, -0.2) is 31.0 Å². The van der Waals surface area contributed by atoms with Crippen molar-refractivity contribution in [3.8, 4) is 11.6 Å². The van der Waals surface area contributed by atoms with Gasteiger partial charge in [0, 0.05) is 35.3 Å². The van der Waals surface area contributed by atoms with Crippen molar-refractivity contribution >= 4 is 16.9 Å². The highest BCUT2D eigenvalue weighted by Crippen LogP contribution is 2.26. The third kappa shape index (κ3) is 4.72. The molecule has 0 fully saturated rings. The van der Waals surface area contributed by atoms with Gasteiger partial charge in [-0.15, -0.1) is 0 Å². The smallest absolute Gasteiger partial charge is 0.272 e. The predicted molar refractivity (Wildman–Crippen MR) is 94.1 cm³/mol. The van der Waals surface area contributed by atoms with E-state index in [0.717, 1.165) is 10.9 Å². The van der Waals surface area contributed by atoms with Gasteiger partial charge in [0.2, 0.25) is 11.8 Å². The van der Waals surface area contributed by atoms with E-state index in [-0.39, 0.29) is 24.8 Å². The van der Waals surface area contributed by atoms with Crippen LogP contribution in [0.15, 0.2) is 47.2 Å². The quantitative estimate of drug-likeness (QED) is 0.653. The first-order chi connectivity index (χ1) is 13.1. The zero-order chi connectivity index (χ0) is 19.2. The maximum absolute atomic E-state index is 12.3. The van der Waals surface area contributed by atoms with E-state index in [0.29, 0.717) is 16.9 Å². The predicted octanol–water partition coefficient (Wildman–Crippen LogP) is 3.34. The highest BCUT2D eigenvalue weighted by atomic mass is 19.3. The van der Waals surface area contributed by atoms with Gasteiger partial charge < -0.3 is 19.2 Å². The number of pyridine rings is 1. The van der Waals surface area contributed by atoms with Gasteiger partial charge in [0.25, 0.3) is 6.43 Å². The summed E-state index contributed by atoms with van der Waals surface area (Å²) in [5.74, 6) is 0.511. The Hall–Kier alpha value is -3.16. The van der Waals surface area contributed by atoms with Gasteiger partial charge in [0.05, 0.1) is 19.8 Å². The minimum atomic E-state index is -2.59. The molecule has 0 bridgehead atoms. The van der Waals surface area contributed by atoms with Crippen molar-refractivity contribution in [2.24, 2.45) is 0 Å². The minimum absolute atomic E-state index is 0.0824. The summed E-state index contributed by atoms with van der Waals surface area (Å²) in [6.45, 7) is -0.628. The minimum Gasteiger partial charge on any atom is -0.497 e. The molecular formula is C19H18F2N2O4. The van der Waals surface area contributed by atoms with Crippen LogP contribution in [0.2, 0.25) is 0 Å². The van der Waals surface area contributed by atoms with Crippen LogP contribution >= 0.6 is 0 Å². The van der Waals surface area contributed by atoms with E-state index >= 15 is 0 Å². The number of alkyl halides is 2. The van der Waals surface area contributed by atoms with E-state index in [1.165, 1.54) is 12.5 Å². The molecule has 0 saturated carbocycles. The molecule has 2 aromatic heterocycles. The number of carbonyl (C=O) groups is 1. The summed E-state index contributed by atoms with van der Waals surface area (Å²) >= 11 is 0. The summed E-state index contributed by atoms with van der Waals surface area (Å²) < 4.78 is 40.2. The average Bonchev–Trinajstić information content (AvgIpc) is 3.07. The van der Waals surface area contributed by atoms with Crippen LogP contribution in [0, 0.1) is 0 Å². The van der Waals surface area contributed by atoms with Crippen LogP contribution in [0.3, 0.4) is 0 Å². The number of aromatic nitrogens is 1. The zero-order valence-electron chi connectivity index (χ0n) is 14.6. The molecule has 0 unspecified atom stereocenters. The fourth-order valence-electron chi connectivity index (χ4n) is 2.59. The molecule has 1 aromatic carbocycles. The fourth-order valence-corrected chi connectivity index (χ4v) is 2.59. The number of hydrogen-bond acceptors (Lipinski definition) is 5. The van der Waals surface area contributed by atoms with Gasteiger partial charge in [-0.05, 0) is 18.2 Å². The van der Waals surface area contributed by atoms with Gasteiger partial charge in [0.15, 0.2) is 6.61 Å². The van der Waals surface area contributed by atoms with Gasteiger partial charge >= 0.3 is 0 Å².